The molecule has 4 atom stereocenters. The van der Waals surface area contributed by atoms with Crippen LogP contribution in [0.3, 0.4) is 0 Å². The molecule has 13 nitrogen and oxygen atoms in total. The third kappa shape index (κ3) is 4.90. The van der Waals surface area contributed by atoms with Gasteiger partial charge in [-0.25, -0.2) is 14.5 Å². The van der Waals surface area contributed by atoms with Gasteiger partial charge in [0.2, 0.25) is 0 Å². The molecule has 162 valence electrons. The van der Waals surface area contributed by atoms with Crippen molar-refractivity contribution in [1.82, 2.24) is 19.1 Å². The maximum absolute atomic E-state index is 12.6. The highest BCUT2D eigenvalue weighted by Crippen LogP contribution is 2.38. The lowest BCUT2D eigenvalue weighted by molar-refractivity contribution is -0.0504. The van der Waals surface area contributed by atoms with Gasteiger partial charge in [-0.2, -0.15) is 0 Å². The van der Waals surface area contributed by atoms with Gasteiger partial charge in [0.15, 0.2) is 17.4 Å². The molecule has 1 fully saturated rings. The molecule has 2 aromatic rings. The first kappa shape index (κ1) is 22.0. The topological polar surface area (TPSA) is 195 Å². The summed E-state index contributed by atoms with van der Waals surface area (Å²) < 4.78 is 23.4. The summed E-state index contributed by atoms with van der Waals surface area (Å²) in [6, 6.07) is 0. The summed E-state index contributed by atoms with van der Waals surface area (Å²) in [5.41, 5.74) is 5.33. The number of imidazole rings is 1. The fourth-order valence-electron chi connectivity index (χ4n) is 3.16. The van der Waals surface area contributed by atoms with Crippen LogP contribution in [0.5, 0.6) is 0 Å². The van der Waals surface area contributed by atoms with E-state index in [1.165, 1.54) is 21.8 Å². The Morgan fingerprint density at radius 2 is 1.93 bits per heavy atom. The molecular weight excluding hydrogens is 409 g/mol. The predicted octanol–water partition coefficient (Wildman–Crippen LogP) is -1.55. The van der Waals surface area contributed by atoms with Crippen LogP contribution in [0.1, 0.15) is 25.5 Å². The second-order valence-corrected chi connectivity index (χ2v) is 7.99. The Kier molecular flexibility index (Phi) is 6.81. The summed E-state index contributed by atoms with van der Waals surface area (Å²) in [4.78, 5) is 38.5. The first-order chi connectivity index (χ1) is 13.7. The fraction of sp³-hybridized carbons (Fsp3) is 0.667. The molecule has 1 aliphatic rings. The van der Waals surface area contributed by atoms with Crippen LogP contribution in [0, 0.1) is 0 Å². The summed E-state index contributed by atoms with van der Waals surface area (Å²) in [6.07, 6.45) is -0.121. The van der Waals surface area contributed by atoms with Gasteiger partial charge in [-0.1, -0.05) is 6.42 Å². The minimum Gasteiger partial charge on any atom is -0.387 e. The highest BCUT2D eigenvalue weighted by molar-refractivity contribution is 7.46. The summed E-state index contributed by atoms with van der Waals surface area (Å²) in [5, 5.41) is 20.4. The van der Waals surface area contributed by atoms with Gasteiger partial charge in [-0.15, -0.1) is 0 Å². The van der Waals surface area contributed by atoms with Crippen LogP contribution >= 0.6 is 7.82 Å². The first-order valence-corrected chi connectivity index (χ1v) is 10.6. The van der Waals surface area contributed by atoms with E-state index in [0.717, 1.165) is 19.3 Å². The van der Waals surface area contributed by atoms with Crippen LogP contribution in [0.2, 0.25) is 0 Å². The van der Waals surface area contributed by atoms with Gasteiger partial charge in [0, 0.05) is 6.54 Å². The van der Waals surface area contributed by atoms with Crippen molar-refractivity contribution < 1.29 is 33.8 Å². The van der Waals surface area contributed by atoms with Crippen molar-refractivity contribution in [3.63, 3.8) is 0 Å². The molecule has 2 aromatic heterocycles. The number of nitrogens with zero attached hydrogens (tertiary/aromatic N) is 4. The number of fused-ring (bicyclic) bond motifs is 1. The molecule has 0 amide bonds. The summed E-state index contributed by atoms with van der Waals surface area (Å²) >= 11 is 0. The van der Waals surface area contributed by atoms with E-state index >= 15 is 0 Å². The van der Waals surface area contributed by atoms with Gasteiger partial charge in [0.25, 0.3) is 5.56 Å². The summed E-state index contributed by atoms with van der Waals surface area (Å²) in [7, 11) is -4.76. The standard InChI is InChI=1S/C15H24N5O8P/c16-4-2-1-3-5-19-7-18-13-10(14(19)23)17-8-20(13)15-12(22)11(21)9(28-15)6-27-29(24,25)26/h7-9,11-12,15,21-22H,1-6,16H2,(H2,24,25,26)/t9-,11-,12-,15-/m1/s1. The van der Waals surface area contributed by atoms with Crippen LogP contribution in [0.4, 0.5) is 0 Å². The van der Waals surface area contributed by atoms with E-state index in [1.54, 1.807) is 0 Å². The van der Waals surface area contributed by atoms with E-state index < -0.39 is 39.0 Å². The number of aryl methyl sites for hydroxylation is 1. The average Bonchev–Trinajstić information content (AvgIpc) is 3.21. The number of phosphoric ester groups is 1. The minimum atomic E-state index is -4.76. The van der Waals surface area contributed by atoms with Crippen molar-refractivity contribution in [1.29, 1.82) is 0 Å². The number of ether oxygens (including phenoxy) is 1. The number of rotatable bonds is 9. The lowest BCUT2D eigenvalue weighted by Gasteiger charge is -2.16. The predicted molar refractivity (Wildman–Crippen MR) is 98.6 cm³/mol. The number of nitrogens with two attached hydrogens (primary N) is 1. The zero-order valence-corrected chi connectivity index (χ0v) is 16.3. The first-order valence-electron chi connectivity index (χ1n) is 9.06. The number of aliphatic hydroxyl groups excluding tert-OH is 2. The van der Waals surface area contributed by atoms with Crippen molar-refractivity contribution in [3.05, 3.63) is 23.0 Å². The average molecular weight is 433 g/mol. The summed E-state index contributed by atoms with van der Waals surface area (Å²) in [6.45, 7) is 0.429. The third-order valence-electron chi connectivity index (χ3n) is 4.67. The molecule has 0 spiro atoms. The van der Waals surface area contributed by atoms with Crippen molar-refractivity contribution in [2.45, 2.75) is 50.3 Å². The van der Waals surface area contributed by atoms with Crippen molar-refractivity contribution >= 4 is 19.0 Å². The van der Waals surface area contributed by atoms with E-state index in [9.17, 15) is 19.6 Å². The van der Waals surface area contributed by atoms with Crippen LogP contribution in [-0.4, -0.2) is 70.6 Å². The molecule has 6 N–H and O–H groups in total. The molecule has 3 heterocycles. The van der Waals surface area contributed by atoms with Gasteiger partial charge in [0.1, 0.15) is 24.6 Å². The van der Waals surface area contributed by atoms with Crippen LogP contribution in [-0.2, 0) is 20.4 Å². The number of hydrogen-bond donors (Lipinski definition) is 5. The molecule has 0 aliphatic carbocycles. The molecule has 0 saturated carbocycles. The Morgan fingerprint density at radius 1 is 1.17 bits per heavy atom. The summed E-state index contributed by atoms with van der Waals surface area (Å²) in [5.74, 6) is 0. The Labute approximate surface area is 164 Å². The van der Waals surface area contributed by atoms with Gasteiger partial charge >= 0.3 is 7.82 Å². The number of aromatic nitrogens is 4. The number of hydrogen-bond acceptors (Lipinski definition) is 9. The van der Waals surface area contributed by atoms with Gasteiger partial charge < -0.3 is 30.5 Å². The van der Waals surface area contributed by atoms with Crippen LogP contribution < -0.4 is 11.3 Å². The van der Waals surface area contributed by atoms with E-state index in [-0.39, 0.29) is 16.7 Å². The third-order valence-corrected chi connectivity index (χ3v) is 5.16. The number of unbranched alkanes of at least 4 members (excludes halogenated alkanes) is 2. The lowest BCUT2D eigenvalue weighted by Crippen LogP contribution is -2.33. The Bertz CT molecular complexity index is 942. The smallest absolute Gasteiger partial charge is 0.387 e. The largest absolute Gasteiger partial charge is 0.469 e. The Morgan fingerprint density at radius 3 is 2.62 bits per heavy atom. The maximum atomic E-state index is 12.6. The van der Waals surface area contributed by atoms with Crippen molar-refractivity contribution in [2.75, 3.05) is 13.2 Å². The SMILES string of the molecule is NCCCCCn1cnc2c(ncn2[C@@H]2O[C@H](COP(=O)(O)O)[C@@H](O)[C@H]2O)c1=O. The highest BCUT2D eigenvalue weighted by Gasteiger charge is 2.45. The van der Waals surface area contributed by atoms with Gasteiger partial charge in [0.05, 0.1) is 12.9 Å². The number of aliphatic hydroxyl groups is 2. The normalized spacial score (nSPS) is 25.1. The highest BCUT2D eigenvalue weighted by atomic mass is 31.2. The van der Waals surface area contributed by atoms with Crippen molar-refractivity contribution in [2.24, 2.45) is 5.73 Å². The monoisotopic (exact) mass is 433 g/mol. The molecule has 1 aliphatic heterocycles. The zero-order chi connectivity index (χ0) is 21.2. The zero-order valence-electron chi connectivity index (χ0n) is 15.4. The molecule has 29 heavy (non-hydrogen) atoms. The van der Waals surface area contributed by atoms with Crippen molar-refractivity contribution in [3.8, 4) is 0 Å². The molecule has 0 radical (unpaired) electrons. The molecule has 1 saturated heterocycles. The van der Waals surface area contributed by atoms with Gasteiger partial charge in [-0.3, -0.25) is 18.5 Å². The van der Waals surface area contributed by atoms with E-state index in [4.69, 9.17) is 20.3 Å². The Balaban J connectivity index is 1.78. The maximum Gasteiger partial charge on any atom is 0.469 e. The molecule has 0 unspecified atom stereocenters. The molecule has 3 rings (SSSR count). The molecule has 0 aromatic carbocycles. The molecular formula is C15H24N5O8P. The Hall–Kier alpha value is -1.70. The quantitative estimate of drug-likeness (QED) is 0.227. The molecule has 0 bridgehead atoms. The van der Waals surface area contributed by atoms with E-state index in [0.29, 0.717) is 13.1 Å². The van der Waals surface area contributed by atoms with Crippen LogP contribution in [0.15, 0.2) is 17.4 Å². The van der Waals surface area contributed by atoms with E-state index in [2.05, 4.69) is 14.5 Å². The van der Waals surface area contributed by atoms with Gasteiger partial charge in [-0.05, 0) is 19.4 Å². The van der Waals surface area contributed by atoms with Crippen LogP contribution in [0.25, 0.3) is 11.2 Å². The van der Waals surface area contributed by atoms with E-state index in [1.807, 2.05) is 0 Å². The number of phosphoric acid groups is 1. The minimum absolute atomic E-state index is 0.0755. The molecule has 14 heteroatoms. The lowest BCUT2D eigenvalue weighted by atomic mass is 10.1. The second-order valence-electron chi connectivity index (χ2n) is 6.75. The second kappa shape index (κ2) is 8.98. The fourth-order valence-corrected chi connectivity index (χ4v) is 3.50.